The number of ether oxygens (including phenoxy) is 1. The number of carbonyl (C=O) groups is 3. The van der Waals surface area contributed by atoms with Crippen LogP contribution in [0.15, 0.2) is 0 Å². The number of hydrogen-bond acceptors (Lipinski definition) is 4. The molecule has 0 aliphatic carbocycles. The van der Waals surface area contributed by atoms with Crippen LogP contribution in [0.5, 0.6) is 0 Å². The first-order chi connectivity index (χ1) is 6.09. The Bertz CT molecular complexity index is 245. The average Bonchev–Trinajstić information content (AvgIpc) is 2.02. The molecule has 5 nitrogen and oxygen atoms in total. The summed E-state index contributed by atoms with van der Waals surface area (Å²) in [7, 11) is 0. The number of hydrogen-bond donors (Lipinski definition) is 1. The molecule has 0 saturated carbocycles. The molecule has 72 valence electrons. The van der Waals surface area contributed by atoms with Gasteiger partial charge in [0.2, 0.25) is 0 Å². The maximum atomic E-state index is 11.0. The highest BCUT2D eigenvalue weighted by molar-refractivity contribution is 5.89. The molecule has 1 atom stereocenters. The lowest BCUT2D eigenvalue weighted by Crippen LogP contribution is -2.28. The maximum Gasteiger partial charge on any atom is 0.316 e. The van der Waals surface area contributed by atoms with E-state index in [1.54, 1.807) is 0 Å². The van der Waals surface area contributed by atoms with Gasteiger partial charge in [-0.1, -0.05) is 0 Å². The normalized spacial score (nSPS) is 22.6. The SMILES string of the molecule is O=C(O)CC[C@H]1CCC(=O)OC1=O. The van der Waals surface area contributed by atoms with Crippen molar-refractivity contribution in [2.24, 2.45) is 5.92 Å². The van der Waals surface area contributed by atoms with Gasteiger partial charge >= 0.3 is 17.9 Å². The Hall–Kier alpha value is -1.39. The molecule has 0 amide bonds. The highest BCUT2D eigenvalue weighted by Crippen LogP contribution is 2.20. The van der Waals surface area contributed by atoms with Crippen LogP contribution in [0.2, 0.25) is 0 Å². The molecule has 1 N–H and O–H groups in total. The number of rotatable bonds is 3. The van der Waals surface area contributed by atoms with Gasteiger partial charge in [0.1, 0.15) is 0 Å². The van der Waals surface area contributed by atoms with Crippen LogP contribution in [-0.4, -0.2) is 23.0 Å². The van der Waals surface area contributed by atoms with Crippen molar-refractivity contribution < 1.29 is 24.2 Å². The lowest BCUT2D eigenvalue weighted by molar-refractivity contribution is -0.167. The van der Waals surface area contributed by atoms with E-state index in [9.17, 15) is 14.4 Å². The molecule has 0 aromatic carbocycles. The number of carbonyl (C=O) groups excluding carboxylic acids is 2. The van der Waals surface area contributed by atoms with Crippen molar-refractivity contribution >= 4 is 17.9 Å². The standard InChI is InChI=1S/C8H10O5/c9-6(10)3-1-5-2-4-7(11)13-8(5)12/h5H,1-4H2,(H,9,10)/t5-/m0/s1. The number of carboxylic acids is 1. The minimum absolute atomic E-state index is 0.0616. The van der Waals surface area contributed by atoms with Gasteiger partial charge in [-0.25, -0.2) is 0 Å². The van der Waals surface area contributed by atoms with Gasteiger partial charge in [-0.3, -0.25) is 14.4 Å². The van der Waals surface area contributed by atoms with Crippen molar-refractivity contribution in [2.75, 3.05) is 0 Å². The van der Waals surface area contributed by atoms with Crippen LogP contribution in [0.4, 0.5) is 0 Å². The molecule has 0 unspecified atom stereocenters. The number of esters is 2. The number of aliphatic carboxylic acids is 1. The van der Waals surface area contributed by atoms with Crippen molar-refractivity contribution in [3.8, 4) is 0 Å². The molecular formula is C8H10O5. The van der Waals surface area contributed by atoms with Crippen molar-refractivity contribution in [1.82, 2.24) is 0 Å². The van der Waals surface area contributed by atoms with Gasteiger partial charge in [-0.15, -0.1) is 0 Å². The zero-order valence-electron chi connectivity index (χ0n) is 6.99. The minimum atomic E-state index is -0.940. The van der Waals surface area contributed by atoms with Gasteiger partial charge in [0.25, 0.3) is 0 Å². The largest absolute Gasteiger partial charge is 0.481 e. The van der Waals surface area contributed by atoms with E-state index in [1.807, 2.05) is 0 Å². The Balaban J connectivity index is 2.38. The summed E-state index contributed by atoms with van der Waals surface area (Å²) in [5, 5.41) is 8.36. The molecule has 0 aromatic rings. The van der Waals surface area contributed by atoms with Crippen LogP contribution in [0, 0.1) is 5.92 Å². The van der Waals surface area contributed by atoms with Crippen LogP contribution >= 0.6 is 0 Å². The summed E-state index contributed by atoms with van der Waals surface area (Å²) in [4.78, 5) is 31.8. The topological polar surface area (TPSA) is 80.7 Å². The van der Waals surface area contributed by atoms with Crippen LogP contribution < -0.4 is 0 Å². The second-order valence-corrected chi connectivity index (χ2v) is 2.96. The third-order valence-electron chi connectivity index (χ3n) is 1.95. The van der Waals surface area contributed by atoms with Gasteiger partial charge in [-0.05, 0) is 12.8 Å². The molecule has 5 heteroatoms. The first kappa shape index (κ1) is 9.70. The molecule has 13 heavy (non-hydrogen) atoms. The quantitative estimate of drug-likeness (QED) is 0.507. The Kier molecular flexibility index (Phi) is 3.00. The average molecular weight is 186 g/mol. The van der Waals surface area contributed by atoms with E-state index in [2.05, 4.69) is 4.74 Å². The Labute approximate surface area is 74.7 Å². The zero-order chi connectivity index (χ0) is 9.84. The maximum absolute atomic E-state index is 11.0. The predicted octanol–water partition coefficient (Wildman–Crippen LogP) is 0.331. The lowest BCUT2D eigenvalue weighted by atomic mass is 9.96. The Morgan fingerprint density at radius 1 is 1.54 bits per heavy atom. The van der Waals surface area contributed by atoms with Crippen LogP contribution in [0.1, 0.15) is 25.7 Å². The fourth-order valence-corrected chi connectivity index (χ4v) is 1.22. The molecule has 0 aromatic heterocycles. The van der Waals surface area contributed by atoms with E-state index < -0.39 is 23.8 Å². The first-order valence-corrected chi connectivity index (χ1v) is 4.06. The second kappa shape index (κ2) is 4.02. The van der Waals surface area contributed by atoms with Gasteiger partial charge in [0.05, 0.1) is 5.92 Å². The lowest BCUT2D eigenvalue weighted by Gasteiger charge is -2.18. The van der Waals surface area contributed by atoms with Crippen LogP contribution in [0.25, 0.3) is 0 Å². The smallest absolute Gasteiger partial charge is 0.316 e. The fraction of sp³-hybridized carbons (Fsp3) is 0.625. The molecule has 1 rings (SSSR count). The van der Waals surface area contributed by atoms with Crippen molar-refractivity contribution in [2.45, 2.75) is 25.7 Å². The first-order valence-electron chi connectivity index (χ1n) is 4.06. The monoisotopic (exact) mass is 186 g/mol. The van der Waals surface area contributed by atoms with E-state index in [1.165, 1.54) is 0 Å². The van der Waals surface area contributed by atoms with Crippen molar-refractivity contribution in [1.29, 1.82) is 0 Å². The Morgan fingerprint density at radius 2 is 2.23 bits per heavy atom. The number of carboxylic acid groups (broad SMARTS) is 1. The molecule has 1 saturated heterocycles. The molecule has 1 fully saturated rings. The van der Waals surface area contributed by atoms with Gasteiger partial charge < -0.3 is 9.84 Å². The van der Waals surface area contributed by atoms with E-state index in [4.69, 9.17) is 5.11 Å². The summed E-state index contributed by atoms with van der Waals surface area (Å²) < 4.78 is 4.36. The molecular weight excluding hydrogens is 176 g/mol. The molecule has 1 heterocycles. The Morgan fingerprint density at radius 3 is 2.77 bits per heavy atom. The van der Waals surface area contributed by atoms with E-state index in [0.717, 1.165) is 0 Å². The highest BCUT2D eigenvalue weighted by Gasteiger charge is 2.28. The second-order valence-electron chi connectivity index (χ2n) is 2.96. The zero-order valence-corrected chi connectivity index (χ0v) is 6.99. The van der Waals surface area contributed by atoms with Gasteiger partial charge in [0, 0.05) is 12.8 Å². The van der Waals surface area contributed by atoms with E-state index >= 15 is 0 Å². The molecule has 1 aliphatic heterocycles. The summed E-state index contributed by atoms with van der Waals surface area (Å²) in [5.74, 6) is -2.47. The van der Waals surface area contributed by atoms with E-state index in [-0.39, 0.29) is 19.3 Å². The fourth-order valence-electron chi connectivity index (χ4n) is 1.22. The highest BCUT2D eigenvalue weighted by atomic mass is 16.6. The minimum Gasteiger partial charge on any atom is -0.481 e. The summed E-state index contributed by atoms with van der Waals surface area (Å²) in [5.41, 5.74) is 0. The van der Waals surface area contributed by atoms with Gasteiger partial charge in [0.15, 0.2) is 0 Å². The molecule has 0 spiro atoms. The molecule has 1 aliphatic rings. The summed E-state index contributed by atoms with van der Waals surface area (Å²) in [6.07, 6.45) is 0.802. The van der Waals surface area contributed by atoms with Gasteiger partial charge in [-0.2, -0.15) is 0 Å². The van der Waals surface area contributed by atoms with Crippen LogP contribution in [0.3, 0.4) is 0 Å². The summed E-state index contributed by atoms with van der Waals surface area (Å²) in [6.45, 7) is 0. The van der Waals surface area contributed by atoms with Crippen molar-refractivity contribution in [3.05, 3.63) is 0 Å². The number of cyclic esters (lactones) is 2. The third-order valence-corrected chi connectivity index (χ3v) is 1.95. The third kappa shape index (κ3) is 2.85. The summed E-state index contributed by atoms with van der Waals surface area (Å²) in [6, 6.07) is 0. The predicted molar refractivity (Wildman–Crippen MR) is 40.7 cm³/mol. The van der Waals surface area contributed by atoms with E-state index in [0.29, 0.717) is 6.42 Å². The molecule has 0 bridgehead atoms. The van der Waals surface area contributed by atoms with Crippen molar-refractivity contribution in [3.63, 3.8) is 0 Å². The summed E-state index contributed by atoms with van der Waals surface area (Å²) >= 11 is 0. The molecule has 0 radical (unpaired) electrons. The van der Waals surface area contributed by atoms with Crippen LogP contribution in [-0.2, 0) is 19.1 Å².